The van der Waals surface area contributed by atoms with Gasteiger partial charge in [-0.25, -0.2) is 0 Å². The normalized spacial score (nSPS) is 11.9. The largest absolute Gasteiger partial charge is 0.380 e. The predicted octanol–water partition coefficient (Wildman–Crippen LogP) is 2.19. The summed E-state index contributed by atoms with van der Waals surface area (Å²) in [5.41, 5.74) is 0. The first kappa shape index (κ1) is 13.5. The Morgan fingerprint density at radius 2 is 2.07 bits per heavy atom. The first-order chi connectivity index (χ1) is 6.85. The van der Waals surface area contributed by atoms with Gasteiger partial charge in [-0.2, -0.15) is 0 Å². The van der Waals surface area contributed by atoms with Crippen molar-refractivity contribution in [2.75, 3.05) is 19.8 Å². The van der Waals surface area contributed by atoms with Gasteiger partial charge in [0, 0.05) is 19.1 Å². The maximum absolute atomic E-state index is 5.51. The third-order valence-corrected chi connectivity index (χ3v) is 1.88. The molecule has 1 atom stereocenters. The summed E-state index contributed by atoms with van der Waals surface area (Å²) in [7, 11) is 0. The van der Waals surface area contributed by atoms with Crippen LogP contribution in [0.3, 0.4) is 0 Å². The van der Waals surface area contributed by atoms with Crippen LogP contribution in [0.5, 0.6) is 0 Å². The number of hydrogen-bond donors (Lipinski definition) is 1. The van der Waals surface area contributed by atoms with E-state index in [-0.39, 0.29) is 0 Å². The maximum atomic E-state index is 5.51. The van der Waals surface area contributed by atoms with Gasteiger partial charge in [-0.15, -0.1) is 11.8 Å². The Labute approximate surface area is 88.4 Å². The molecule has 0 aromatic heterocycles. The molecule has 0 aliphatic carbocycles. The molecule has 0 aliphatic heterocycles. The van der Waals surface area contributed by atoms with Crippen LogP contribution in [0, 0.1) is 11.8 Å². The van der Waals surface area contributed by atoms with Crippen molar-refractivity contribution < 1.29 is 4.74 Å². The molecular weight excluding hydrogens is 174 g/mol. The lowest BCUT2D eigenvalue weighted by molar-refractivity contribution is 0.113. The summed E-state index contributed by atoms with van der Waals surface area (Å²) in [5, 5.41) is 3.44. The van der Waals surface area contributed by atoms with Gasteiger partial charge in [-0.3, -0.25) is 0 Å². The minimum atomic E-state index is 0.397. The van der Waals surface area contributed by atoms with Gasteiger partial charge < -0.3 is 10.1 Å². The van der Waals surface area contributed by atoms with Crippen molar-refractivity contribution in [1.82, 2.24) is 5.32 Å². The fourth-order valence-electron chi connectivity index (χ4n) is 1.13. The smallest absolute Gasteiger partial charge is 0.0628 e. The summed E-state index contributed by atoms with van der Waals surface area (Å²) in [4.78, 5) is 0. The number of ether oxygens (including phenoxy) is 1. The number of hydrogen-bond acceptors (Lipinski definition) is 2. The topological polar surface area (TPSA) is 21.3 Å². The molecule has 0 radical (unpaired) electrons. The summed E-state index contributed by atoms with van der Waals surface area (Å²) in [5.74, 6) is 6.01. The van der Waals surface area contributed by atoms with Crippen molar-refractivity contribution in [3.63, 3.8) is 0 Å². The van der Waals surface area contributed by atoms with Crippen molar-refractivity contribution in [3.8, 4) is 11.8 Å². The first-order valence-electron chi connectivity index (χ1n) is 5.55. The van der Waals surface area contributed by atoms with E-state index in [9.17, 15) is 0 Å². The van der Waals surface area contributed by atoms with E-state index in [1.807, 2.05) is 6.92 Å². The first-order valence-corrected chi connectivity index (χ1v) is 5.55. The molecular formula is C12H23NO. The van der Waals surface area contributed by atoms with Gasteiger partial charge in [0.25, 0.3) is 0 Å². The highest BCUT2D eigenvalue weighted by molar-refractivity contribution is 4.98. The fraction of sp³-hybridized carbons (Fsp3) is 0.833. The van der Waals surface area contributed by atoms with Gasteiger partial charge in [0.05, 0.1) is 6.61 Å². The zero-order valence-electron chi connectivity index (χ0n) is 9.73. The zero-order valence-corrected chi connectivity index (χ0v) is 9.73. The average Bonchev–Trinajstić information content (AvgIpc) is 2.21. The monoisotopic (exact) mass is 197 g/mol. The van der Waals surface area contributed by atoms with E-state index in [1.165, 1.54) is 0 Å². The molecule has 1 N–H and O–H groups in total. The fourth-order valence-corrected chi connectivity index (χ4v) is 1.13. The zero-order chi connectivity index (χ0) is 10.6. The Hall–Kier alpha value is -0.520. The highest BCUT2D eigenvalue weighted by Gasteiger charge is 2.05. The molecule has 0 aliphatic rings. The van der Waals surface area contributed by atoms with Crippen LogP contribution in [0.1, 0.15) is 40.0 Å². The summed E-state index contributed by atoms with van der Waals surface area (Å²) >= 11 is 0. The second-order valence-electron chi connectivity index (χ2n) is 3.36. The number of rotatable bonds is 8. The van der Waals surface area contributed by atoms with Gasteiger partial charge in [0.1, 0.15) is 0 Å². The lowest BCUT2D eigenvalue weighted by atomic mass is 10.2. The second-order valence-corrected chi connectivity index (χ2v) is 3.36. The van der Waals surface area contributed by atoms with Gasteiger partial charge in [0.2, 0.25) is 0 Å². The Bertz CT molecular complexity index is 169. The van der Waals surface area contributed by atoms with Crippen LogP contribution in [0.2, 0.25) is 0 Å². The predicted molar refractivity (Wildman–Crippen MR) is 61.3 cm³/mol. The third-order valence-electron chi connectivity index (χ3n) is 1.88. The molecule has 0 saturated carbocycles. The highest BCUT2D eigenvalue weighted by Crippen LogP contribution is 1.94. The summed E-state index contributed by atoms with van der Waals surface area (Å²) in [6.07, 6.45) is 3.13. The van der Waals surface area contributed by atoms with E-state index in [0.717, 1.165) is 39.0 Å². The summed E-state index contributed by atoms with van der Waals surface area (Å²) in [6.45, 7) is 8.85. The minimum Gasteiger partial charge on any atom is -0.380 e. The Morgan fingerprint density at radius 3 is 2.64 bits per heavy atom. The second kappa shape index (κ2) is 10.6. The highest BCUT2D eigenvalue weighted by atomic mass is 16.5. The van der Waals surface area contributed by atoms with Gasteiger partial charge in [0.15, 0.2) is 0 Å². The van der Waals surface area contributed by atoms with Crippen LogP contribution in [-0.4, -0.2) is 25.8 Å². The van der Waals surface area contributed by atoms with Crippen LogP contribution in [0.4, 0.5) is 0 Å². The molecule has 0 amide bonds. The molecule has 0 heterocycles. The summed E-state index contributed by atoms with van der Waals surface area (Å²) in [6, 6.07) is 0.397. The van der Waals surface area contributed by atoms with Gasteiger partial charge in [-0.05, 0) is 26.3 Å². The van der Waals surface area contributed by atoms with Crippen molar-refractivity contribution >= 4 is 0 Å². The van der Waals surface area contributed by atoms with E-state index < -0.39 is 0 Å². The van der Waals surface area contributed by atoms with Crippen molar-refractivity contribution in [1.29, 1.82) is 0 Å². The minimum absolute atomic E-state index is 0.397. The lowest BCUT2D eigenvalue weighted by Gasteiger charge is -2.15. The molecule has 2 heteroatoms. The Balaban J connectivity index is 3.64. The van der Waals surface area contributed by atoms with Crippen LogP contribution < -0.4 is 5.32 Å². The summed E-state index contributed by atoms with van der Waals surface area (Å²) < 4.78 is 5.51. The molecule has 2 nitrogen and oxygen atoms in total. The molecule has 0 fully saturated rings. The molecule has 82 valence electrons. The Kier molecular flexibility index (Phi) is 10.2. The molecule has 0 aromatic rings. The molecule has 1 unspecified atom stereocenters. The molecule has 0 spiro atoms. The van der Waals surface area contributed by atoms with E-state index in [4.69, 9.17) is 4.74 Å². The van der Waals surface area contributed by atoms with Gasteiger partial charge in [-0.1, -0.05) is 13.8 Å². The van der Waals surface area contributed by atoms with Crippen molar-refractivity contribution in [2.45, 2.75) is 46.1 Å². The average molecular weight is 197 g/mol. The van der Waals surface area contributed by atoms with E-state index >= 15 is 0 Å². The SMILES string of the molecule is CC#CCC(COCCC)NCCC. The van der Waals surface area contributed by atoms with Gasteiger partial charge >= 0.3 is 0 Å². The van der Waals surface area contributed by atoms with Crippen LogP contribution >= 0.6 is 0 Å². The molecule has 0 rings (SSSR count). The van der Waals surface area contributed by atoms with Crippen molar-refractivity contribution in [2.24, 2.45) is 0 Å². The van der Waals surface area contributed by atoms with E-state index in [1.54, 1.807) is 0 Å². The van der Waals surface area contributed by atoms with Crippen LogP contribution in [-0.2, 0) is 4.74 Å². The molecule has 14 heavy (non-hydrogen) atoms. The molecule has 0 saturated heterocycles. The van der Waals surface area contributed by atoms with Crippen LogP contribution in [0.15, 0.2) is 0 Å². The maximum Gasteiger partial charge on any atom is 0.0628 e. The Morgan fingerprint density at radius 1 is 1.29 bits per heavy atom. The van der Waals surface area contributed by atoms with E-state index in [2.05, 4.69) is 31.0 Å². The lowest BCUT2D eigenvalue weighted by Crippen LogP contribution is -2.33. The molecule has 0 aromatic carbocycles. The van der Waals surface area contributed by atoms with E-state index in [0.29, 0.717) is 6.04 Å². The number of nitrogens with one attached hydrogen (secondary N) is 1. The van der Waals surface area contributed by atoms with Crippen LogP contribution in [0.25, 0.3) is 0 Å². The van der Waals surface area contributed by atoms with Crippen molar-refractivity contribution in [3.05, 3.63) is 0 Å². The molecule has 0 bridgehead atoms. The third kappa shape index (κ3) is 8.10. The quantitative estimate of drug-likeness (QED) is 0.476. The standard InChI is InChI=1S/C12H23NO/c1-4-7-8-12(13-9-5-2)11-14-10-6-3/h12-13H,5-6,8-11H2,1-3H3.